The zero-order valence-electron chi connectivity index (χ0n) is 11.0. The van der Waals surface area contributed by atoms with Crippen LogP contribution in [-0.2, 0) is 11.6 Å². The van der Waals surface area contributed by atoms with E-state index in [-0.39, 0.29) is 5.41 Å². The Bertz CT molecular complexity index is 453. The van der Waals surface area contributed by atoms with Crippen molar-refractivity contribution in [3.05, 3.63) is 35.4 Å². The van der Waals surface area contributed by atoms with Crippen LogP contribution < -0.4 is 0 Å². The molecule has 0 saturated heterocycles. The molecule has 104 valence electrons. The maximum Gasteiger partial charge on any atom is 0.416 e. The zero-order valence-corrected chi connectivity index (χ0v) is 11.0. The summed E-state index contributed by atoms with van der Waals surface area (Å²) in [5, 5.41) is 7.70. The van der Waals surface area contributed by atoms with Crippen molar-refractivity contribution in [1.29, 1.82) is 5.41 Å². The normalized spacial score (nSPS) is 18.5. The zero-order chi connectivity index (χ0) is 14.1. The van der Waals surface area contributed by atoms with Crippen LogP contribution in [0.25, 0.3) is 0 Å². The maximum absolute atomic E-state index is 12.6. The molecule has 0 aromatic heterocycles. The average Bonchev–Trinajstić information content (AvgIpc) is 2.77. The van der Waals surface area contributed by atoms with E-state index in [4.69, 9.17) is 5.41 Å². The molecule has 1 nitrogen and oxygen atoms in total. The van der Waals surface area contributed by atoms with Crippen molar-refractivity contribution in [3.8, 4) is 0 Å². The SMILES string of the molecule is CC(=N)CC1(c2ccc(C(F)(F)F)cc2)CCCC1. The van der Waals surface area contributed by atoms with Crippen molar-refractivity contribution in [2.24, 2.45) is 0 Å². The minimum absolute atomic E-state index is 0.115. The molecule has 0 heterocycles. The van der Waals surface area contributed by atoms with E-state index in [0.29, 0.717) is 12.1 Å². The van der Waals surface area contributed by atoms with Crippen molar-refractivity contribution in [2.75, 3.05) is 0 Å². The molecule has 4 heteroatoms. The molecular formula is C15H18F3N. The average molecular weight is 269 g/mol. The third-order valence-corrected chi connectivity index (χ3v) is 3.99. The summed E-state index contributed by atoms with van der Waals surface area (Å²) in [6.07, 6.45) is 0.489. The Kier molecular flexibility index (Phi) is 3.70. The van der Waals surface area contributed by atoms with Gasteiger partial charge in [0.1, 0.15) is 0 Å². The highest BCUT2D eigenvalue weighted by Crippen LogP contribution is 2.44. The Hall–Kier alpha value is -1.32. The fraction of sp³-hybridized carbons (Fsp3) is 0.533. The standard InChI is InChI=1S/C15H18F3N/c1-11(19)10-14(8-2-3-9-14)12-4-6-13(7-5-12)15(16,17)18/h4-7,19H,2-3,8-10H2,1H3. The summed E-state index contributed by atoms with van der Waals surface area (Å²) in [5.41, 5.74) is 0.832. The van der Waals surface area contributed by atoms with Gasteiger partial charge in [-0.25, -0.2) is 0 Å². The molecule has 0 bridgehead atoms. The van der Waals surface area contributed by atoms with Crippen LogP contribution in [0.5, 0.6) is 0 Å². The lowest BCUT2D eigenvalue weighted by Gasteiger charge is -2.29. The number of rotatable bonds is 3. The number of alkyl halides is 3. The van der Waals surface area contributed by atoms with E-state index in [1.807, 2.05) is 0 Å². The molecule has 0 radical (unpaired) electrons. The molecule has 1 aliphatic carbocycles. The summed E-state index contributed by atoms with van der Waals surface area (Å²) in [6, 6.07) is 5.51. The molecule has 1 N–H and O–H groups in total. The van der Waals surface area contributed by atoms with Gasteiger partial charge in [0.25, 0.3) is 0 Å². The molecule has 1 aliphatic rings. The molecule has 19 heavy (non-hydrogen) atoms. The van der Waals surface area contributed by atoms with E-state index in [1.54, 1.807) is 19.1 Å². The van der Waals surface area contributed by atoms with Gasteiger partial charge in [-0.1, -0.05) is 25.0 Å². The first-order valence-electron chi connectivity index (χ1n) is 6.55. The summed E-state index contributed by atoms with van der Waals surface area (Å²) in [6.45, 7) is 1.77. The maximum atomic E-state index is 12.6. The molecule has 1 aromatic carbocycles. The summed E-state index contributed by atoms with van der Waals surface area (Å²) < 4.78 is 37.7. The second-order valence-corrected chi connectivity index (χ2v) is 5.52. The highest BCUT2D eigenvalue weighted by atomic mass is 19.4. The van der Waals surface area contributed by atoms with Crippen LogP contribution in [-0.4, -0.2) is 5.71 Å². The van der Waals surface area contributed by atoms with Crippen molar-refractivity contribution in [1.82, 2.24) is 0 Å². The fourth-order valence-electron chi connectivity index (χ4n) is 3.14. The highest BCUT2D eigenvalue weighted by molar-refractivity contribution is 5.80. The summed E-state index contributed by atoms with van der Waals surface area (Å²) >= 11 is 0. The smallest absolute Gasteiger partial charge is 0.310 e. The highest BCUT2D eigenvalue weighted by Gasteiger charge is 2.37. The summed E-state index contributed by atoms with van der Waals surface area (Å²) in [7, 11) is 0. The molecule has 2 rings (SSSR count). The molecular weight excluding hydrogens is 251 g/mol. The van der Waals surface area contributed by atoms with Gasteiger partial charge in [0, 0.05) is 11.1 Å². The third kappa shape index (κ3) is 2.99. The predicted molar refractivity (Wildman–Crippen MR) is 69.6 cm³/mol. The fourth-order valence-corrected chi connectivity index (χ4v) is 3.14. The van der Waals surface area contributed by atoms with Crippen molar-refractivity contribution >= 4 is 5.71 Å². The van der Waals surface area contributed by atoms with Crippen molar-refractivity contribution < 1.29 is 13.2 Å². The van der Waals surface area contributed by atoms with Gasteiger partial charge in [-0.3, -0.25) is 0 Å². The molecule has 1 fully saturated rings. The summed E-state index contributed by atoms with van der Waals surface area (Å²) in [4.78, 5) is 0. The van der Waals surface area contributed by atoms with E-state index in [0.717, 1.165) is 43.4 Å². The quantitative estimate of drug-likeness (QED) is 0.751. The number of benzene rings is 1. The molecule has 1 saturated carbocycles. The van der Waals surface area contributed by atoms with Gasteiger partial charge in [-0.2, -0.15) is 13.2 Å². The molecule has 0 amide bonds. The van der Waals surface area contributed by atoms with Crippen LogP contribution in [0, 0.1) is 5.41 Å². The Morgan fingerprint density at radius 2 is 1.68 bits per heavy atom. The van der Waals surface area contributed by atoms with Crippen molar-refractivity contribution in [3.63, 3.8) is 0 Å². The van der Waals surface area contributed by atoms with Gasteiger partial charge in [0.15, 0.2) is 0 Å². The summed E-state index contributed by atoms with van der Waals surface area (Å²) in [5.74, 6) is 0. The van der Waals surface area contributed by atoms with Crippen LogP contribution in [0.4, 0.5) is 13.2 Å². The van der Waals surface area contributed by atoms with Gasteiger partial charge >= 0.3 is 6.18 Å². The Morgan fingerprint density at radius 1 is 1.16 bits per heavy atom. The monoisotopic (exact) mass is 269 g/mol. The van der Waals surface area contributed by atoms with Crippen LogP contribution in [0.15, 0.2) is 24.3 Å². The van der Waals surface area contributed by atoms with Gasteiger partial charge in [0.05, 0.1) is 5.56 Å². The molecule has 0 atom stereocenters. The van der Waals surface area contributed by atoms with Crippen LogP contribution >= 0.6 is 0 Å². The second-order valence-electron chi connectivity index (χ2n) is 5.52. The number of hydrogen-bond acceptors (Lipinski definition) is 1. The first-order valence-corrected chi connectivity index (χ1v) is 6.55. The van der Waals surface area contributed by atoms with E-state index in [2.05, 4.69) is 0 Å². The first kappa shape index (κ1) is 14.1. The predicted octanol–water partition coefficient (Wildman–Crippen LogP) is 4.95. The minimum Gasteiger partial charge on any atom is -0.310 e. The molecule has 0 aliphatic heterocycles. The van der Waals surface area contributed by atoms with E-state index in [9.17, 15) is 13.2 Å². The van der Waals surface area contributed by atoms with E-state index < -0.39 is 11.7 Å². The number of hydrogen-bond donors (Lipinski definition) is 1. The lowest BCUT2D eigenvalue weighted by Crippen LogP contribution is -2.25. The lowest BCUT2D eigenvalue weighted by molar-refractivity contribution is -0.137. The Balaban J connectivity index is 2.31. The van der Waals surface area contributed by atoms with Crippen LogP contribution in [0.3, 0.4) is 0 Å². The number of halogens is 3. The van der Waals surface area contributed by atoms with E-state index in [1.165, 1.54) is 0 Å². The van der Waals surface area contributed by atoms with Crippen LogP contribution in [0.2, 0.25) is 0 Å². The van der Waals surface area contributed by atoms with Gasteiger partial charge in [0.2, 0.25) is 0 Å². The van der Waals surface area contributed by atoms with Gasteiger partial charge in [-0.15, -0.1) is 0 Å². The topological polar surface area (TPSA) is 23.9 Å². The Morgan fingerprint density at radius 3 is 2.11 bits per heavy atom. The lowest BCUT2D eigenvalue weighted by atomic mass is 9.75. The minimum atomic E-state index is -4.28. The molecule has 1 aromatic rings. The number of nitrogens with one attached hydrogen (secondary N) is 1. The third-order valence-electron chi connectivity index (χ3n) is 3.99. The Labute approximate surface area is 111 Å². The van der Waals surface area contributed by atoms with Gasteiger partial charge < -0.3 is 5.41 Å². The first-order chi connectivity index (χ1) is 8.83. The van der Waals surface area contributed by atoms with Crippen LogP contribution in [0.1, 0.15) is 50.2 Å². The molecule has 0 unspecified atom stereocenters. The van der Waals surface area contributed by atoms with E-state index >= 15 is 0 Å². The second kappa shape index (κ2) is 4.99. The van der Waals surface area contributed by atoms with Gasteiger partial charge in [-0.05, 0) is 43.9 Å². The molecule has 0 spiro atoms. The van der Waals surface area contributed by atoms with Crippen molar-refractivity contribution in [2.45, 2.75) is 50.6 Å². The largest absolute Gasteiger partial charge is 0.416 e.